The molecule has 0 spiro atoms. The Morgan fingerprint density at radius 3 is 2.65 bits per heavy atom. The molecular weight excluding hydrogens is 212 g/mol. The number of ether oxygens (including phenoxy) is 1. The van der Waals surface area contributed by atoms with Gasteiger partial charge in [-0.15, -0.1) is 0 Å². The van der Waals surface area contributed by atoms with Crippen molar-refractivity contribution in [3.05, 3.63) is 0 Å². The van der Waals surface area contributed by atoms with E-state index in [1.54, 1.807) is 0 Å². The second-order valence-corrected chi connectivity index (χ2v) is 6.13. The summed E-state index contributed by atoms with van der Waals surface area (Å²) in [5.41, 5.74) is 0.363. The van der Waals surface area contributed by atoms with Crippen molar-refractivity contribution in [2.24, 2.45) is 5.41 Å². The first-order chi connectivity index (χ1) is 7.97. The van der Waals surface area contributed by atoms with Gasteiger partial charge in [0.1, 0.15) is 0 Å². The maximum Gasteiger partial charge on any atom is 0.0622 e. The summed E-state index contributed by atoms with van der Waals surface area (Å²) in [6, 6.07) is 1.20. The maximum atomic E-state index is 5.47. The summed E-state index contributed by atoms with van der Waals surface area (Å²) in [5, 5.41) is 3.58. The van der Waals surface area contributed by atoms with Gasteiger partial charge in [-0.2, -0.15) is 0 Å². The fourth-order valence-electron chi connectivity index (χ4n) is 2.34. The summed E-state index contributed by atoms with van der Waals surface area (Å²) >= 11 is 0. The highest BCUT2D eigenvalue weighted by Crippen LogP contribution is 2.24. The predicted octanol–water partition coefficient (Wildman–Crippen LogP) is 2.12. The third-order valence-electron chi connectivity index (χ3n) is 3.95. The van der Waals surface area contributed by atoms with E-state index < -0.39 is 0 Å². The molecule has 0 aromatic heterocycles. The molecule has 1 fully saturated rings. The van der Waals surface area contributed by atoms with Crippen LogP contribution in [0.25, 0.3) is 0 Å². The van der Waals surface area contributed by atoms with Crippen molar-refractivity contribution in [3.8, 4) is 0 Å². The Hall–Kier alpha value is -0.120. The molecule has 1 rings (SSSR count). The van der Waals surface area contributed by atoms with Crippen LogP contribution >= 0.6 is 0 Å². The van der Waals surface area contributed by atoms with Gasteiger partial charge in [0.05, 0.1) is 6.61 Å². The molecule has 2 atom stereocenters. The molecular formula is C14H30N2O. The van der Waals surface area contributed by atoms with Crippen LogP contribution in [0.5, 0.6) is 0 Å². The van der Waals surface area contributed by atoms with Crippen LogP contribution in [-0.2, 0) is 4.74 Å². The van der Waals surface area contributed by atoms with E-state index in [4.69, 9.17) is 4.74 Å². The maximum absolute atomic E-state index is 5.47. The lowest BCUT2D eigenvalue weighted by Crippen LogP contribution is -2.45. The number of nitrogens with zero attached hydrogens (tertiary/aromatic N) is 1. The second kappa shape index (κ2) is 6.72. The Morgan fingerprint density at radius 2 is 2.18 bits per heavy atom. The monoisotopic (exact) mass is 242 g/mol. The predicted molar refractivity (Wildman–Crippen MR) is 73.4 cm³/mol. The highest BCUT2D eigenvalue weighted by atomic mass is 16.5. The van der Waals surface area contributed by atoms with Crippen molar-refractivity contribution in [2.75, 3.05) is 33.4 Å². The molecule has 0 amide bonds. The number of hydrogen-bond acceptors (Lipinski definition) is 3. The Bertz CT molecular complexity index is 214. The molecule has 3 nitrogen and oxygen atoms in total. The minimum absolute atomic E-state index is 0.363. The molecule has 1 aliphatic heterocycles. The Labute approximate surface area is 107 Å². The SMILES string of the molecule is CCC(C)(CNC(C)C)CN(C)C1CCOC1. The Morgan fingerprint density at radius 1 is 1.47 bits per heavy atom. The number of hydrogen-bond donors (Lipinski definition) is 1. The summed E-state index contributed by atoms with van der Waals surface area (Å²) in [4.78, 5) is 2.48. The summed E-state index contributed by atoms with van der Waals surface area (Å²) in [6.07, 6.45) is 2.40. The van der Waals surface area contributed by atoms with Crippen LogP contribution in [0.15, 0.2) is 0 Å². The zero-order chi connectivity index (χ0) is 12.9. The first-order valence-corrected chi connectivity index (χ1v) is 6.98. The zero-order valence-electron chi connectivity index (χ0n) is 12.3. The smallest absolute Gasteiger partial charge is 0.0622 e. The zero-order valence-corrected chi connectivity index (χ0v) is 12.3. The first kappa shape index (κ1) is 14.9. The largest absolute Gasteiger partial charge is 0.380 e. The van der Waals surface area contributed by atoms with Crippen LogP contribution in [0.1, 0.15) is 40.5 Å². The fraction of sp³-hybridized carbons (Fsp3) is 1.00. The van der Waals surface area contributed by atoms with Crippen LogP contribution in [0.4, 0.5) is 0 Å². The number of nitrogens with one attached hydrogen (secondary N) is 1. The molecule has 102 valence electrons. The topological polar surface area (TPSA) is 24.5 Å². The minimum Gasteiger partial charge on any atom is -0.380 e. The molecule has 3 heteroatoms. The van der Waals surface area contributed by atoms with E-state index in [-0.39, 0.29) is 0 Å². The van der Waals surface area contributed by atoms with Gasteiger partial charge in [-0.25, -0.2) is 0 Å². The van der Waals surface area contributed by atoms with Crippen LogP contribution in [0.2, 0.25) is 0 Å². The average molecular weight is 242 g/mol. The van der Waals surface area contributed by atoms with E-state index >= 15 is 0 Å². The Kier molecular flexibility index (Phi) is 5.90. The van der Waals surface area contributed by atoms with Crippen LogP contribution in [0.3, 0.4) is 0 Å². The van der Waals surface area contributed by atoms with Crippen molar-refractivity contribution >= 4 is 0 Å². The van der Waals surface area contributed by atoms with Crippen molar-refractivity contribution in [3.63, 3.8) is 0 Å². The lowest BCUT2D eigenvalue weighted by atomic mass is 9.86. The first-order valence-electron chi connectivity index (χ1n) is 6.98. The highest BCUT2D eigenvalue weighted by molar-refractivity contribution is 4.83. The van der Waals surface area contributed by atoms with Gasteiger partial charge in [-0.05, 0) is 25.3 Å². The Balaban J connectivity index is 2.42. The van der Waals surface area contributed by atoms with Gasteiger partial charge in [0.15, 0.2) is 0 Å². The average Bonchev–Trinajstić information content (AvgIpc) is 2.80. The standard InChI is InChI=1S/C14H30N2O/c1-6-14(4,10-15-12(2)3)11-16(5)13-7-8-17-9-13/h12-13,15H,6-11H2,1-5H3. The lowest BCUT2D eigenvalue weighted by molar-refractivity contribution is 0.117. The number of rotatable bonds is 7. The molecule has 1 heterocycles. The molecule has 2 unspecified atom stereocenters. The molecule has 1 aliphatic rings. The van der Waals surface area contributed by atoms with Crippen LogP contribution in [-0.4, -0.2) is 50.3 Å². The van der Waals surface area contributed by atoms with E-state index in [0.717, 1.165) is 26.3 Å². The molecule has 1 saturated heterocycles. The normalized spacial score (nSPS) is 24.5. The van der Waals surface area contributed by atoms with E-state index in [1.807, 2.05) is 0 Å². The van der Waals surface area contributed by atoms with Crippen molar-refractivity contribution in [2.45, 2.75) is 52.6 Å². The quantitative estimate of drug-likeness (QED) is 0.740. The van der Waals surface area contributed by atoms with Gasteiger partial charge >= 0.3 is 0 Å². The van der Waals surface area contributed by atoms with Crippen LogP contribution < -0.4 is 5.32 Å². The van der Waals surface area contributed by atoms with Gasteiger partial charge in [-0.1, -0.05) is 27.7 Å². The van der Waals surface area contributed by atoms with Crippen molar-refractivity contribution in [1.29, 1.82) is 0 Å². The fourth-order valence-corrected chi connectivity index (χ4v) is 2.34. The van der Waals surface area contributed by atoms with E-state index in [1.165, 1.54) is 12.8 Å². The molecule has 0 radical (unpaired) electrons. The van der Waals surface area contributed by atoms with Gasteiger partial charge in [0, 0.05) is 31.8 Å². The van der Waals surface area contributed by atoms with Gasteiger partial charge < -0.3 is 15.0 Å². The van der Waals surface area contributed by atoms with E-state index in [9.17, 15) is 0 Å². The van der Waals surface area contributed by atoms with Gasteiger partial charge in [-0.3, -0.25) is 0 Å². The van der Waals surface area contributed by atoms with Crippen LogP contribution in [0, 0.1) is 5.41 Å². The second-order valence-electron chi connectivity index (χ2n) is 6.13. The molecule has 0 aromatic rings. The van der Waals surface area contributed by atoms with Gasteiger partial charge in [0.25, 0.3) is 0 Å². The third-order valence-corrected chi connectivity index (χ3v) is 3.95. The molecule has 0 aromatic carbocycles. The lowest BCUT2D eigenvalue weighted by Gasteiger charge is -2.36. The molecule has 0 saturated carbocycles. The van der Waals surface area contributed by atoms with Crippen molar-refractivity contribution in [1.82, 2.24) is 10.2 Å². The molecule has 0 aliphatic carbocycles. The third kappa shape index (κ3) is 4.94. The van der Waals surface area contributed by atoms with E-state index in [2.05, 4.69) is 45.0 Å². The van der Waals surface area contributed by atoms with E-state index in [0.29, 0.717) is 17.5 Å². The highest BCUT2D eigenvalue weighted by Gasteiger charge is 2.28. The number of likely N-dealkylation sites (N-methyl/N-ethyl adjacent to an activating group) is 1. The summed E-state index contributed by atoms with van der Waals surface area (Å²) in [6.45, 7) is 13.2. The summed E-state index contributed by atoms with van der Waals surface area (Å²) in [5.74, 6) is 0. The van der Waals surface area contributed by atoms with Gasteiger partial charge in [0.2, 0.25) is 0 Å². The van der Waals surface area contributed by atoms with Crippen molar-refractivity contribution < 1.29 is 4.74 Å². The molecule has 0 bridgehead atoms. The molecule has 17 heavy (non-hydrogen) atoms. The summed E-state index contributed by atoms with van der Waals surface area (Å²) < 4.78 is 5.47. The molecule has 1 N–H and O–H groups in total. The minimum atomic E-state index is 0.363. The summed E-state index contributed by atoms with van der Waals surface area (Å²) in [7, 11) is 2.24.